The van der Waals surface area contributed by atoms with E-state index in [0.29, 0.717) is 36.9 Å². The van der Waals surface area contributed by atoms with Crippen molar-refractivity contribution in [3.05, 3.63) is 71.5 Å². The Balaban J connectivity index is 1.65. The van der Waals surface area contributed by atoms with Gasteiger partial charge in [-0.3, -0.25) is 9.69 Å². The van der Waals surface area contributed by atoms with Crippen LogP contribution in [0.15, 0.2) is 65.1 Å². The van der Waals surface area contributed by atoms with E-state index < -0.39 is 10.0 Å². The lowest BCUT2D eigenvalue weighted by atomic mass is 9.91. The summed E-state index contributed by atoms with van der Waals surface area (Å²) in [5.41, 5.74) is 3.63. The number of fused-ring (bicyclic) bond motifs is 6. The number of allylic oxidation sites excluding steroid dienone is 5. The molecule has 0 spiro atoms. The number of carbonyl (C=O) groups excluding carboxylic acids is 1. The van der Waals surface area contributed by atoms with E-state index >= 15 is 0 Å². The van der Waals surface area contributed by atoms with Gasteiger partial charge in [-0.05, 0) is 57.4 Å². The smallest absolute Gasteiger partial charge is 0.264 e. The molecule has 1 N–H and O–H groups in total. The molecule has 1 amide bonds. The van der Waals surface area contributed by atoms with Crippen molar-refractivity contribution in [3.63, 3.8) is 0 Å². The zero-order valence-electron chi connectivity index (χ0n) is 22.7. The maximum Gasteiger partial charge on any atom is 0.264 e. The fourth-order valence-electron chi connectivity index (χ4n) is 5.44. The number of aromatic nitrogens is 2. The molecule has 2 aromatic rings. The second kappa shape index (κ2) is 10.9. The van der Waals surface area contributed by atoms with Crippen LogP contribution < -0.4 is 9.46 Å². The Hall–Kier alpha value is -3.50. The molecule has 1 aromatic heterocycles. The van der Waals surface area contributed by atoms with Gasteiger partial charge < -0.3 is 9.64 Å². The minimum atomic E-state index is -4.08. The summed E-state index contributed by atoms with van der Waals surface area (Å²) >= 11 is 0. The molecular weight excluding hydrogens is 514 g/mol. The fourth-order valence-corrected chi connectivity index (χ4v) is 6.43. The number of hydrogen-bond acceptors (Lipinski definition) is 7. The van der Waals surface area contributed by atoms with Crippen molar-refractivity contribution in [2.75, 3.05) is 30.9 Å². The van der Waals surface area contributed by atoms with Crippen molar-refractivity contribution in [1.82, 2.24) is 19.8 Å². The highest BCUT2D eigenvalue weighted by Crippen LogP contribution is 2.31. The first kappa shape index (κ1) is 27.1. The molecule has 2 fully saturated rings. The molecule has 0 radical (unpaired) electrons. The van der Waals surface area contributed by atoms with Crippen LogP contribution in [0.5, 0.6) is 5.88 Å². The summed E-state index contributed by atoms with van der Waals surface area (Å²) in [5.74, 6) is -0.0579. The Morgan fingerprint density at radius 3 is 2.62 bits per heavy atom. The van der Waals surface area contributed by atoms with E-state index in [9.17, 15) is 13.2 Å². The Morgan fingerprint density at radius 2 is 1.92 bits per heavy atom. The largest absolute Gasteiger partial charge is 0.471 e. The van der Waals surface area contributed by atoms with Crippen LogP contribution in [0.3, 0.4) is 0 Å². The van der Waals surface area contributed by atoms with Gasteiger partial charge in [-0.1, -0.05) is 36.8 Å². The third-order valence-corrected chi connectivity index (χ3v) is 8.85. The lowest BCUT2D eigenvalue weighted by Crippen LogP contribution is -2.45. The van der Waals surface area contributed by atoms with Crippen molar-refractivity contribution in [2.45, 2.75) is 57.1 Å². The molecule has 1 saturated heterocycles. The zero-order valence-corrected chi connectivity index (χ0v) is 23.5. The molecule has 206 valence electrons. The van der Waals surface area contributed by atoms with Gasteiger partial charge in [0.15, 0.2) is 0 Å². The summed E-state index contributed by atoms with van der Waals surface area (Å²) in [7, 11) is -4.08. The molecule has 3 heterocycles. The standard InChI is InChI=1S/C29H35N5O4S/c1-5-8-20(4)27(19(2)3)25-16-26-31-29(30-25)32-39(36,37)24-12-6-9-21(15-24)28(35)34-14-13-33(22-10-7-11-22)17-23(18-34)38-26/h5-6,8-9,12,15-16,22-23H,1,7,10-11,13-14,17-18H2,2-4H3,(H,30,31,32)/b20-8-/t23-/m1/s1. The van der Waals surface area contributed by atoms with Crippen molar-refractivity contribution in [2.24, 2.45) is 0 Å². The van der Waals surface area contributed by atoms with Crippen LogP contribution in [-0.4, -0.2) is 72.4 Å². The molecule has 39 heavy (non-hydrogen) atoms. The third kappa shape index (κ3) is 5.77. The molecule has 10 heteroatoms. The Morgan fingerprint density at radius 1 is 1.13 bits per heavy atom. The average Bonchev–Trinajstić information content (AvgIpc) is 3.04. The van der Waals surface area contributed by atoms with Crippen LogP contribution in [0, 0.1) is 0 Å². The van der Waals surface area contributed by atoms with E-state index in [4.69, 9.17) is 4.74 Å². The number of ether oxygens (including phenoxy) is 1. The van der Waals surface area contributed by atoms with Gasteiger partial charge in [0.1, 0.15) is 6.10 Å². The van der Waals surface area contributed by atoms with Crippen molar-refractivity contribution < 1.29 is 17.9 Å². The maximum atomic E-state index is 13.6. The SMILES string of the molecule is C=C/C=C(/C)C(=C(C)C)c1cc2nc(n1)NS(=O)(=O)c1cccc(c1)C(=O)N1CCN(C3CCC3)C[C@H](C1)O2. The zero-order chi connectivity index (χ0) is 27.7. The van der Waals surface area contributed by atoms with Crippen LogP contribution in [0.4, 0.5) is 5.95 Å². The molecule has 3 aliphatic rings. The third-order valence-electron chi connectivity index (χ3n) is 7.52. The number of nitrogens with one attached hydrogen (secondary N) is 1. The molecule has 1 aliphatic carbocycles. The van der Waals surface area contributed by atoms with Crippen LogP contribution in [0.1, 0.15) is 56.1 Å². The second-order valence-corrected chi connectivity index (χ2v) is 12.3. The van der Waals surface area contributed by atoms with Crippen molar-refractivity contribution in [1.29, 1.82) is 0 Å². The van der Waals surface area contributed by atoms with Crippen LogP contribution in [-0.2, 0) is 10.0 Å². The molecule has 2 aliphatic heterocycles. The highest BCUT2D eigenvalue weighted by atomic mass is 32.2. The number of nitrogens with zero attached hydrogens (tertiary/aromatic N) is 4. The lowest BCUT2D eigenvalue weighted by Gasteiger charge is -2.37. The second-order valence-electron chi connectivity index (χ2n) is 10.6. The van der Waals surface area contributed by atoms with Crippen LogP contribution in [0.25, 0.3) is 5.57 Å². The summed E-state index contributed by atoms with van der Waals surface area (Å²) in [6, 6.07) is 8.33. The van der Waals surface area contributed by atoms with Gasteiger partial charge in [0.2, 0.25) is 11.8 Å². The van der Waals surface area contributed by atoms with Gasteiger partial charge in [-0.2, -0.15) is 4.98 Å². The summed E-state index contributed by atoms with van der Waals surface area (Å²) in [5, 5.41) is 0. The van der Waals surface area contributed by atoms with Crippen LogP contribution >= 0.6 is 0 Å². The highest BCUT2D eigenvalue weighted by Gasteiger charge is 2.34. The van der Waals surface area contributed by atoms with E-state index in [1.807, 2.05) is 26.8 Å². The van der Waals surface area contributed by atoms with E-state index in [1.165, 1.54) is 18.6 Å². The highest BCUT2D eigenvalue weighted by molar-refractivity contribution is 7.92. The quantitative estimate of drug-likeness (QED) is 0.568. The maximum absolute atomic E-state index is 13.6. The number of amides is 1. The number of carbonyl (C=O) groups is 1. The average molecular weight is 550 g/mol. The van der Waals surface area contributed by atoms with Crippen molar-refractivity contribution in [3.8, 4) is 5.88 Å². The monoisotopic (exact) mass is 549 g/mol. The van der Waals surface area contributed by atoms with Crippen molar-refractivity contribution >= 4 is 27.5 Å². The molecule has 9 nitrogen and oxygen atoms in total. The molecule has 6 bridgehead atoms. The van der Waals surface area contributed by atoms with Gasteiger partial charge in [0.05, 0.1) is 17.1 Å². The molecule has 0 unspecified atom stereocenters. The summed E-state index contributed by atoms with van der Waals surface area (Å²) in [4.78, 5) is 26.8. The van der Waals surface area contributed by atoms with Crippen LogP contribution in [0.2, 0.25) is 0 Å². The number of benzene rings is 1. The number of rotatable bonds is 4. The van der Waals surface area contributed by atoms with Gasteiger partial charge >= 0.3 is 0 Å². The van der Waals surface area contributed by atoms with Gasteiger partial charge in [-0.15, -0.1) is 0 Å². The van der Waals surface area contributed by atoms with E-state index in [0.717, 1.165) is 36.1 Å². The number of anilines is 1. The molecule has 1 aromatic carbocycles. The van der Waals surface area contributed by atoms with E-state index in [1.54, 1.807) is 29.2 Å². The fraction of sp³-hybridized carbons (Fsp3) is 0.414. The van der Waals surface area contributed by atoms with E-state index in [2.05, 4.69) is 26.2 Å². The topological polar surface area (TPSA) is 105 Å². The van der Waals surface area contributed by atoms with E-state index in [-0.39, 0.29) is 28.7 Å². The number of sulfonamides is 1. The Bertz CT molecular complexity index is 1460. The summed E-state index contributed by atoms with van der Waals surface area (Å²) < 4.78 is 35.7. The Labute approximate surface area is 230 Å². The van der Waals surface area contributed by atoms with Gasteiger partial charge in [-0.25, -0.2) is 18.1 Å². The number of hydrogen-bond donors (Lipinski definition) is 1. The first-order chi connectivity index (χ1) is 18.6. The summed E-state index contributed by atoms with van der Waals surface area (Å²) in [6.45, 7) is 12.0. The Kier molecular flexibility index (Phi) is 7.59. The minimum Gasteiger partial charge on any atom is -0.471 e. The molecule has 5 rings (SSSR count). The lowest BCUT2D eigenvalue weighted by molar-refractivity contribution is 0.0674. The molecular formula is C29H35N5O4S. The molecule has 1 atom stereocenters. The minimum absolute atomic E-state index is 0.0308. The van der Waals surface area contributed by atoms with Gasteiger partial charge in [0, 0.05) is 42.9 Å². The molecule has 1 saturated carbocycles. The first-order valence-corrected chi connectivity index (χ1v) is 14.8. The normalized spacial score (nSPS) is 21.6. The predicted molar refractivity (Wildman–Crippen MR) is 151 cm³/mol. The first-order valence-electron chi connectivity index (χ1n) is 13.3. The summed E-state index contributed by atoms with van der Waals surface area (Å²) in [6.07, 6.45) is 6.73. The van der Waals surface area contributed by atoms with Gasteiger partial charge in [0.25, 0.3) is 15.9 Å². The predicted octanol–water partition coefficient (Wildman–Crippen LogP) is 4.27.